The van der Waals surface area contributed by atoms with Gasteiger partial charge in [-0.1, -0.05) is 104 Å². The molecule has 27 nitrogen and oxygen atoms in total. The van der Waals surface area contributed by atoms with Gasteiger partial charge >= 0.3 is 54.1 Å². The van der Waals surface area contributed by atoms with Gasteiger partial charge in [-0.3, -0.25) is 0 Å². The second kappa shape index (κ2) is 30.9. The van der Waals surface area contributed by atoms with Crippen LogP contribution in [0, 0.1) is 0 Å². The van der Waals surface area contributed by atoms with Crippen LogP contribution in [0.4, 0.5) is 0 Å². The van der Waals surface area contributed by atoms with Gasteiger partial charge in [0.1, 0.15) is 0 Å². The van der Waals surface area contributed by atoms with Crippen LogP contribution in [0.1, 0.15) is 0 Å². The number of halogens is 9. The van der Waals surface area contributed by atoms with Gasteiger partial charge < -0.3 is 42.6 Å². The first-order valence-corrected chi connectivity index (χ1v) is 28.0. The van der Waals surface area contributed by atoms with E-state index in [-0.39, 0.29) is 152 Å². The Balaban J connectivity index is 0.000000148. The molecule has 12 aromatic heterocycles. The summed E-state index contributed by atoms with van der Waals surface area (Å²) < 4.78 is 50.5. The van der Waals surface area contributed by atoms with E-state index in [1.165, 1.54) is 55.8 Å². The van der Waals surface area contributed by atoms with Crippen LogP contribution >= 0.6 is 104 Å². The monoisotopic (exact) mass is 1390 g/mol. The molecule has 90 heavy (non-hydrogen) atoms. The molecule has 12 aromatic rings. The molecule has 0 saturated heterocycles. The lowest BCUT2D eigenvalue weighted by atomic mass is 10.5. The minimum Gasteiger partial charge on any atom is -0.421 e. The Morgan fingerprint density at radius 1 is 0.167 bits per heavy atom. The molecule has 0 amide bonds. The van der Waals surface area contributed by atoms with Gasteiger partial charge in [-0.05, 0) is 109 Å². The number of nitrogens with zero attached hydrogens (tertiary/aromatic N) is 18. The lowest BCUT2D eigenvalue weighted by Crippen LogP contribution is -2.02. The molecular formula is C54H27Cl9N18O9. The van der Waals surface area contributed by atoms with Crippen LogP contribution < -0.4 is 42.6 Å². The van der Waals surface area contributed by atoms with Crippen LogP contribution in [0.25, 0.3) is 0 Å². The summed E-state index contributed by atoms with van der Waals surface area (Å²) in [7, 11) is 0. The van der Waals surface area contributed by atoms with E-state index in [0.717, 1.165) is 0 Å². The maximum atomic E-state index is 6.03. The van der Waals surface area contributed by atoms with Crippen LogP contribution in [-0.2, 0) is 0 Å². The first-order chi connectivity index (χ1) is 43.7. The van der Waals surface area contributed by atoms with Crippen LogP contribution in [0.3, 0.4) is 0 Å². The van der Waals surface area contributed by atoms with Crippen molar-refractivity contribution in [3.8, 4) is 106 Å². The smallest absolute Gasteiger partial charge is 0.331 e. The topological polar surface area (TPSA) is 315 Å². The van der Waals surface area contributed by atoms with Gasteiger partial charge in [0.15, 0.2) is 98.1 Å². The summed E-state index contributed by atoms with van der Waals surface area (Å²) in [5, 5.41) is 1.07. The third kappa shape index (κ3) is 17.9. The third-order valence-corrected chi connectivity index (χ3v) is 12.6. The average Bonchev–Trinajstić information content (AvgIpc) is 2.06. The van der Waals surface area contributed by atoms with Gasteiger partial charge in [0.05, 0.1) is 0 Å². The maximum absolute atomic E-state index is 6.03. The molecule has 12 rings (SSSR count). The van der Waals surface area contributed by atoms with Gasteiger partial charge in [0.2, 0.25) is 0 Å². The lowest BCUT2D eigenvalue weighted by molar-refractivity contribution is 0.360. The number of ether oxygens (including phenoxy) is 9. The van der Waals surface area contributed by atoms with Crippen molar-refractivity contribution in [2.45, 2.75) is 0 Å². The molecule has 0 fully saturated rings. The quantitative estimate of drug-likeness (QED) is 0.0720. The molecule has 0 N–H and O–H groups in total. The minimum absolute atomic E-state index is 0.119. The van der Waals surface area contributed by atoms with E-state index in [0.29, 0.717) is 0 Å². The molecule has 36 heteroatoms. The molecule has 0 spiro atoms. The van der Waals surface area contributed by atoms with Gasteiger partial charge in [0.25, 0.3) is 0 Å². The number of hydrogen-bond donors (Lipinski definition) is 0. The summed E-state index contributed by atoms with van der Waals surface area (Å²) in [5.74, 6) is 2.01. The highest BCUT2D eigenvalue weighted by Crippen LogP contribution is 2.36. The summed E-state index contributed by atoms with van der Waals surface area (Å²) >= 11 is 54.3. The third-order valence-electron chi connectivity index (χ3n) is 10.1. The number of pyridine rings is 9. The van der Waals surface area contributed by atoms with Crippen molar-refractivity contribution in [1.82, 2.24) is 89.7 Å². The van der Waals surface area contributed by atoms with E-state index in [1.54, 1.807) is 109 Å². The van der Waals surface area contributed by atoms with E-state index >= 15 is 0 Å². The van der Waals surface area contributed by atoms with Crippen LogP contribution in [-0.4, -0.2) is 89.7 Å². The summed E-state index contributed by atoms with van der Waals surface area (Å²) in [6.45, 7) is 0. The Labute approximate surface area is 550 Å². The fraction of sp³-hybridized carbons (Fsp3) is 0. The zero-order valence-electron chi connectivity index (χ0n) is 44.2. The van der Waals surface area contributed by atoms with E-state index < -0.39 is 0 Å². The molecule has 0 radical (unpaired) electrons. The Kier molecular flexibility index (Phi) is 21.7. The van der Waals surface area contributed by atoms with Crippen molar-refractivity contribution < 1.29 is 42.6 Å². The van der Waals surface area contributed by atoms with E-state index in [1.807, 2.05) is 0 Å². The normalized spacial score (nSPS) is 10.5. The zero-order valence-corrected chi connectivity index (χ0v) is 51.0. The maximum Gasteiger partial charge on any atom is 0.331 e. The fourth-order valence-corrected chi connectivity index (χ4v) is 7.71. The van der Waals surface area contributed by atoms with Gasteiger partial charge in [-0.2, -0.15) is 0 Å². The molecule has 0 aliphatic rings. The summed E-state index contributed by atoms with van der Waals surface area (Å²) in [4.78, 5) is 72.3. The number of rotatable bonds is 18. The molecule has 0 unspecified atom stereocenters. The highest BCUT2D eigenvalue weighted by atomic mass is 35.5. The Morgan fingerprint density at radius 2 is 0.267 bits per heavy atom. The molecular weight excluding hydrogens is 1360 g/mol. The fourth-order valence-electron chi connectivity index (χ4n) is 6.28. The molecule has 0 saturated carbocycles. The molecule has 0 aromatic carbocycles. The van der Waals surface area contributed by atoms with E-state index in [9.17, 15) is 0 Å². The number of aromatic nitrogens is 18. The van der Waals surface area contributed by atoms with Gasteiger partial charge in [0, 0.05) is 55.8 Å². The summed E-state index contributed by atoms with van der Waals surface area (Å²) in [6, 6.07) is 27.6. The summed E-state index contributed by atoms with van der Waals surface area (Å²) in [6.07, 6.45) is 13.6. The first-order valence-electron chi connectivity index (χ1n) is 24.6. The van der Waals surface area contributed by atoms with Crippen molar-refractivity contribution in [3.63, 3.8) is 0 Å². The second-order valence-electron chi connectivity index (χ2n) is 16.1. The summed E-state index contributed by atoms with van der Waals surface area (Å²) in [5.41, 5.74) is 0. The molecule has 0 atom stereocenters. The second-order valence-corrected chi connectivity index (χ2v) is 19.3. The van der Waals surface area contributed by atoms with Crippen LogP contribution in [0.5, 0.6) is 106 Å². The SMILES string of the molecule is Clc1ncccc1Oc1nc(Oc2cccnc2Cl)nc(Oc2cccnc2Cl)n1.Clc1ncccc1Oc1nc(Oc2cccnc2Cl)nc(Oc2cccnc2Cl)n1.Clc1ncccc1Oc1nc(Oc2cccnc2Cl)nc(Oc2cccnc2Cl)n1. The standard InChI is InChI=1S/3C18H9Cl3N6O3/c3*19-13-10(4-1-7-22-13)28-16-25-17(29-11-5-2-8-23-14(11)20)27-18(26-16)30-12-6-3-9-24-15(12)21/h3*1-9H. The lowest BCUT2D eigenvalue weighted by Gasteiger charge is -2.10. The Bertz CT molecular complexity index is 3560. The van der Waals surface area contributed by atoms with Crippen molar-refractivity contribution in [1.29, 1.82) is 0 Å². The van der Waals surface area contributed by atoms with Crippen molar-refractivity contribution in [3.05, 3.63) is 211 Å². The van der Waals surface area contributed by atoms with E-state index in [2.05, 4.69) is 89.7 Å². The predicted molar refractivity (Wildman–Crippen MR) is 323 cm³/mol. The van der Waals surface area contributed by atoms with Gasteiger partial charge in [-0.15, -0.1) is 44.9 Å². The van der Waals surface area contributed by atoms with E-state index in [4.69, 9.17) is 147 Å². The van der Waals surface area contributed by atoms with Crippen molar-refractivity contribution >= 4 is 104 Å². The molecule has 0 aliphatic carbocycles. The number of hydrogen-bond acceptors (Lipinski definition) is 27. The predicted octanol–water partition coefficient (Wildman–Crippen LogP) is 16.2. The average molecular weight is 1390 g/mol. The molecule has 0 aliphatic heterocycles. The highest BCUT2D eigenvalue weighted by molar-refractivity contribution is 6.33. The largest absolute Gasteiger partial charge is 0.421 e. The van der Waals surface area contributed by atoms with Crippen molar-refractivity contribution in [2.75, 3.05) is 0 Å². The minimum atomic E-state index is -0.162. The van der Waals surface area contributed by atoms with Crippen molar-refractivity contribution in [2.24, 2.45) is 0 Å². The van der Waals surface area contributed by atoms with Crippen LogP contribution in [0.2, 0.25) is 46.4 Å². The zero-order chi connectivity index (χ0) is 62.8. The molecule has 12 heterocycles. The Morgan fingerprint density at radius 3 is 0.356 bits per heavy atom. The molecule has 450 valence electrons. The molecule has 0 bridgehead atoms. The Hall–Kier alpha value is -9.81. The highest BCUT2D eigenvalue weighted by Gasteiger charge is 2.21. The first kappa shape index (κ1) is 63.2. The van der Waals surface area contributed by atoms with Crippen LogP contribution in [0.15, 0.2) is 165 Å². The van der Waals surface area contributed by atoms with Gasteiger partial charge in [-0.25, -0.2) is 44.9 Å².